The van der Waals surface area contributed by atoms with E-state index in [9.17, 15) is 19.7 Å². The number of hydrogen-bond acceptors (Lipinski definition) is 7. The molecule has 9 heteroatoms. The number of methoxy groups -OCH3 is 3. The van der Waals surface area contributed by atoms with Crippen molar-refractivity contribution in [2.45, 2.75) is 19.4 Å². The molecule has 154 valence electrons. The van der Waals surface area contributed by atoms with Crippen molar-refractivity contribution < 1.29 is 28.7 Å². The van der Waals surface area contributed by atoms with Gasteiger partial charge in [0.05, 0.1) is 38.7 Å². The van der Waals surface area contributed by atoms with Gasteiger partial charge in [0, 0.05) is 17.2 Å². The van der Waals surface area contributed by atoms with Crippen molar-refractivity contribution in [2.75, 3.05) is 21.3 Å². The number of nitro benzene ring substituents is 1. The third-order valence-electron chi connectivity index (χ3n) is 4.46. The van der Waals surface area contributed by atoms with Crippen LogP contribution < -0.4 is 14.8 Å². The van der Waals surface area contributed by atoms with Crippen LogP contribution in [-0.4, -0.2) is 38.1 Å². The normalized spacial score (nSPS) is 11.3. The summed E-state index contributed by atoms with van der Waals surface area (Å²) in [5.41, 5.74) is 0.812. The summed E-state index contributed by atoms with van der Waals surface area (Å²) >= 11 is 0. The lowest BCUT2D eigenvalue weighted by atomic mass is 10.0. The minimum atomic E-state index is -0.742. The van der Waals surface area contributed by atoms with E-state index in [4.69, 9.17) is 14.2 Å². The molecule has 2 rings (SSSR count). The second-order valence-electron chi connectivity index (χ2n) is 6.13. The molecule has 29 heavy (non-hydrogen) atoms. The molecule has 1 amide bonds. The molecular formula is C20H22N2O7. The number of amides is 1. The van der Waals surface area contributed by atoms with Gasteiger partial charge in [-0.15, -0.1) is 0 Å². The third kappa shape index (κ3) is 5.01. The monoisotopic (exact) mass is 402 g/mol. The molecule has 0 saturated carbocycles. The van der Waals surface area contributed by atoms with Crippen molar-refractivity contribution in [2.24, 2.45) is 0 Å². The fourth-order valence-corrected chi connectivity index (χ4v) is 2.88. The molecule has 0 aliphatic rings. The Morgan fingerprint density at radius 1 is 1.10 bits per heavy atom. The van der Waals surface area contributed by atoms with Crippen LogP contribution in [0.1, 0.15) is 33.9 Å². The van der Waals surface area contributed by atoms with Gasteiger partial charge >= 0.3 is 5.97 Å². The molecule has 0 spiro atoms. The number of nitrogens with zero attached hydrogens (tertiary/aromatic N) is 1. The summed E-state index contributed by atoms with van der Waals surface area (Å²) in [6, 6.07) is 8.50. The first-order valence-electron chi connectivity index (χ1n) is 8.66. The quantitative estimate of drug-likeness (QED) is 0.410. The first kappa shape index (κ1) is 21.7. The van der Waals surface area contributed by atoms with Crippen LogP contribution >= 0.6 is 0 Å². The van der Waals surface area contributed by atoms with Gasteiger partial charge < -0.3 is 19.5 Å². The molecule has 1 atom stereocenters. The number of carbonyl (C=O) groups excluding carboxylic acids is 2. The fourth-order valence-electron chi connectivity index (χ4n) is 2.88. The van der Waals surface area contributed by atoms with E-state index in [0.717, 1.165) is 0 Å². The van der Waals surface area contributed by atoms with Crippen molar-refractivity contribution in [1.82, 2.24) is 5.32 Å². The third-order valence-corrected chi connectivity index (χ3v) is 4.46. The van der Waals surface area contributed by atoms with Gasteiger partial charge in [0.25, 0.3) is 11.6 Å². The molecular weight excluding hydrogens is 380 g/mol. The molecule has 0 radical (unpaired) electrons. The Hall–Kier alpha value is -3.62. The molecule has 0 aromatic heterocycles. The maximum absolute atomic E-state index is 12.8. The summed E-state index contributed by atoms with van der Waals surface area (Å²) in [4.78, 5) is 35.3. The van der Waals surface area contributed by atoms with Crippen LogP contribution in [0.2, 0.25) is 0 Å². The van der Waals surface area contributed by atoms with Gasteiger partial charge in [-0.2, -0.15) is 0 Å². The second kappa shape index (κ2) is 9.54. The lowest BCUT2D eigenvalue weighted by molar-refractivity contribution is -0.385. The Balaban J connectivity index is 2.39. The summed E-state index contributed by atoms with van der Waals surface area (Å²) in [5, 5.41) is 13.9. The summed E-state index contributed by atoms with van der Waals surface area (Å²) in [6.07, 6.45) is -0.133. The van der Waals surface area contributed by atoms with Crippen molar-refractivity contribution in [1.29, 1.82) is 0 Å². The van der Waals surface area contributed by atoms with Crippen LogP contribution in [0.4, 0.5) is 5.69 Å². The number of benzene rings is 2. The van der Waals surface area contributed by atoms with Crippen LogP contribution in [-0.2, 0) is 9.53 Å². The average molecular weight is 402 g/mol. The van der Waals surface area contributed by atoms with Crippen LogP contribution in [0.3, 0.4) is 0 Å². The van der Waals surface area contributed by atoms with E-state index in [0.29, 0.717) is 17.1 Å². The van der Waals surface area contributed by atoms with Crippen LogP contribution in [0.25, 0.3) is 0 Å². The van der Waals surface area contributed by atoms with E-state index in [-0.39, 0.29) is 23.2 Å². The Morgan fingerprint density at radius 2 is 1.79 bits per heavy atom. The molecule has 1 N–H and O–H groups in total. The molecule has 0 saturated heterocycles. The molecule has 0 aliphatic heterocycles. The van der Waals surface area contributed by atoms with Crippen molar-refractivity contribution in [3.63, 3.8) is 0 Å². The number of ether oxygens (including phenoxy) is 3. The number of carbonyl (C=O) groups is 2. The minimum Gasteiger partial charge on any atom is -0.493 e. The molecule has 2 aromatic carbocycles. The van der Waals surface area contributed by atoms with Gasteiger partial charge in [0.15, 0.2) is 11.5 Å². The SMILES string of the molecule is COC(=O)CC(NC(=O)c1cccc([N+](=O)[O-])c1C)c1ccc(OC)c(OC)c1. The lowest BCUT2D eigenvalue weighted by Gasteiger charge is -2.20. The maximum atomic E-state index is 12.8. The minimum absolute atomic E-state index is 0.133. The molecule has 9 nitrogen and oxygen atoms in total. The molecule has 0 fully saturated rings. The van der Waals surface area contributed by atoms with E-state index < -0.39 is 22.8 Å². The zero-order valence-electron chi connectivity index (χ0n) is 16.6. The Kier molecular flexibility index (Phi) is 7.13. The number of esters is 1. The second-order valence-corrected chi connectivity index (χ2v) is 6.13. The van der Waals surface area contributed by atoms with Crippen molar-refractivity contribution in [3.8, 4) is 11.5 Å². The smallest absolute Gasteiger partial charge is 0.307 e. The molecule has 1 unspecified atom stereocenters. The number of rotatable bonds is 8. The lowest BCUT2D eigenvalue weighted by Crippen LogP contribution is -2.31. The van der Waals surface area contributed by atoms with Crippen LogP contribution in [0, 0.1) is 17.0 Å². The molecule has 0 aliphatic carbocycles. The standard InChI is InChI=1S/C20H22N2O7/c1-12-14(6-5-7-16(12)22(25)26)20(24)21-15(11-19(23)29-4)13-8-9-17(27-2)18(10-13)28-3/h5-10,15H,11H2,1-4H3,(H,21,24). The van der Waals surface area contributed by atoms with E-state index in [1.807, 2.05) is 0 Å². The largest absolute Gasteiger partial charge is 0.493 e. The first-order chi connectivity index (χ1) is 13.8. The average Bonchev–Trinajstić information content (AvgIpc) is 2.72. The highest BCUT2D eigenvalue weighted by Gasteiger charge is 2.24. The van der Waals surface area contributed by atoms with Gasteiger partial charge in [-0.05, 0) is 30.7 Å². The van der Waals surface area contributed by atoms with Gasteiger partial charge in [-0.1, -0.05) is 12.1 Å². The van der Waals surface area contributed by atoms with E-state index >= 15 is 0 Å². The summed E-state index contributed by atoms with van der Waals surface area (Å²) in [7, 11) is 4.22. The number of hydrogen-bond donors (Lipinski definition) is 1. The predicted molar refractivity (Wildman–Crippen MR) is 104 cm³/mol. The van der Waals surface area contributed by atoms with Gasteiger partial charge in [-0.3, -0.25) is 19.7 Å². The first-order valence-corrected chi connectivity index (χ1v) is 8.66. The van der Waals surface area contributed by atoms with Gasteiger partial charge in [0.2, 0.25) is 0 Å². The van der Waals surface area contributed by atoms with Crippen LogP contribution in [0.5, 0.6) is 11.5 Å². The fraction of sp³-hybridized carbons (Fsp3) is 0.300. The Bertz CT molecular complexity index is 927. The summed E-state index contributed by atoms with van der Waals surface area (Å²) in [5.74, 6) is -0.148. The molecule has 2 aromatic rings. The van der Waals surface area contributed by atoms with Crippen molar-refractivity contribution >= 4 is 17.6 Å². The summed E-state index contributed by atoms with van der Waals surface area (Å²) < 4.78 is 15.2. The number of nitro groups is 1. The molecule has 0 bridgehead atoms. The highest BCUT2D eigenvalue weighted by Crippen LogP contribution is 2.31. The highest BCUT2D eigenvalue weighted by atomic mass is 16.6. The van der Waals surface area contributed by atoms with E-state index in [1.165, 1.54) is 46.5 Å². The zero-order chi connectivity index (χ0) is 21.6. The van der Waals surface area contributed by atoms with Gasteiger partial charge in [-0.25, -0.2) is 0 Å². The van der Waals surface area contributed by atoms with Crippen LogP contribution in [0.15, 0.2) is 36.4 Å². The van der Waals surface area contributed by atoms with Crippen molar-refractivity contribution in [3.05, 3.63) is 63.2 Å². The van der Waals surface area contributed by atoms with E-state index in [1.54, 1.807) is 18.2 Å². The topological polar surface area (TPSA) is 117 Å². The number of nitrogens with one attached hydrogen (secondary N) is 1. The van der Waals surface area contributed by atoms with E-state index in [2.05, 4.69) is 5.32 Å². The summed E-state index contributed by atoms with van der Waals surface area (Å²) in [6.45, 7) is 1.50. The Labute approximate surface area is 167 Å². The Morgan fingerprint density at radius 3 is 2.38 bits per heavy atom. The predicted octanol–water partition coefficient (Wildman–Crippen LogP) is 2.95. The zero-order valence-corrected chi connectivity index (χ0v) is 16.6. The molecule has 0 heterocycles. The highest BCUT2D eigenvalue weighted by molar-refractivity contribution is 5.97. The maximum Gasteiger partial charge on any atom is 0.307 e. The van der Waals surface area contributed by atoms with Gasteiger partial charge in [0.1, 0.15) is 0 Å².